The molecule has 1 rings (SSSR count). The van der Waals surface area contributed by atoms with Crippen molar-refractivity contribution < 1.29 is 0 Å². The lowest BCUT2D eigenvalue weighted by atomic mass is 10.2. The molecule has 0 bridgehead atoms. The van der Waals surface area contributed by atoms with Crippen LogP contribution in [0.3, 0.4) is 0 Å². The molecule has 2 heteroatoms. The van der Waals surface area contributed by atoms with Crippen LogP contribution in [-0.2, 0) is 0 Å². The van der Waals surface area contributed by atoms with E-state index in [0.29, 0.717) is 5.56 Å². The Labute approximate surface area is 57.9 Å². The van der Waals surface area contributed by atoms with Crippen molar-refractivity contribution in [2.75, 3.05) is 0 Å². The molecule has 1 nitrogen and oxygen atoms in total. The number of nitriles is 1. The Bertz CT molecular complexity index is 200. The van der Waals surface area contributed by atoms with Gasteiger partial charge in [-0.05, 0) is 12.1 Å². The minimum Gasteiger partial charge on any atom is -0.192 e. The summed E-state index contributed by atoms with van der Waals surface area (Å²) in [6, 6.07) is 11.2. The van der Waals surface area contributed by atoms with Crippen molar-refractivity contribution in [2.24, 2.45) is 0 Å². The van der Waals surface area contributed by atoms with Crippen molar-refractivity contribution in [1.29, 1.82) is 5.26 Å². The Morgan fingerprint density at radius 1 is 1.11 bits per heavy atom. The SMILES string of the molecule is N#Cc1ccccc1.[P]. The lowest BCUT2D eigenvalue weighted by Gasteiger charge is -1.80. The Balaban J connectivity index is 0.000000640. The molecule has 0 aromatic heterocycles. The third-order valence-corrected chi connectivity index (χ3v) is 0.903. The summed E-state index contributed by atoms with van der Waals surface area (Å²) in [4.78, 5) is 0. The largest absolute Gasteiger partial charge is 0.192 e. The van der Waals surface area contributed by atoms with E-state index in [4.69, 9.17) is 5.26 Å². The van der Waals surface area contributed by atoms with E-state index < -0.39 is 0 Å². The summed E-state index contributed by atoms with van der Waals surface area (Å²) in [7, 11) is 0. The van der Waals surface area contributed by atoms with Crippen LogP contribution in [0.1, 0.15) is 5.56 Å². The second-order valence-electron chi connectivity index (χ2n) is 1.48. The van der Waals surface area contributed by atoms with E-state index in [2.05, 4.69) is 0 Å². The molecule has 43 valence electrons. The first-order chi connectivity index (χ1) is 3.93. The summed E-state index contributed by atoms with van der Waals surface area (Å²) in [5, 5.41) is 8.29. The van der Waals surface area contributed by atoms with Gasteiger partial charge in [-0.25, -0.2) is 0 Å². The molecule has 0 N–H and O–H groups in total. The summed E-state index contributed by atoms with van der Waals surface area (Å²) in [5.41, 5.74) is 0.715. The molecule has 0 saturated carbocycles. The van der Waals surface area contributed by atoms with E-state index in [1.807, 2.05) is 24.3 Å². The van der Waals surface area contributed by atoms with E-state index in [1.54, 1.807) is 12.1 Å². The number of hydrogen-bond donors (Lipinski definition) is 0. The molecule has 0 fully saturated rings. The zero-order chi connectivity index (χ0) is 5.82. The number of nitrogens with zero attached hydrogens (tertiary/aromatic N) is 1. The lowest BCUT2D eigenvalue weighted by molar-refractivity contribution is 1.49. The normalized spacial score (nSPS) is 7.00. The molecule has 9 heavy (non-hydrogen) atoms. The molecule has 0 spiro atoms. The summed E-state index contributed by atoms with van der Waals surface area (Å²) in [5.74, 6) is 0. The number of rotatable bonds is 0. The van der Waals surface area contributed by atoms with Crippen molar-refractivity contribution in [3.8, 4) is 6.07 Å². The fraction of sp³-hybridized carbons (Fsp3) is 0. The third-order valence-electron chi connectivity index (χ3n) is 0.903. The molecule has 1 aromatic carbocycles. The zero-order valence-electron chi connectivity index (χ0n) is 4.78. The molecule has 0 aliphatic heterocycles. The van der Waals surface area contributed by atoms with Crippen molar-refractivity contribution >= 4 is 9.90 Å². The first-order valence-electron chi connectivity index (χ1n) is 2.38. The standard InChI is InChI=1S/C7H5N.P/c8-6-7-4-2-1-3-5-7;/h1-5H;. The van der Waals surface area contributed by atoms with Gasteiger partial charge in [0.15, 0.2) is 0 Å². The number of hydrogen-bond acceptors (Lipinski definition) is 1. The predicted molar refractivity (Wildman–Crippen MR) is 38.1 cm³/mol. The second kappa shape index (κ2) is 4.06. The number of benzene rings is 1. The van der Waals surface area contributed by atoms with Gasteiger partial charge in [-0.2, -0.15) is 5.26 Å². The van der Waals surface area contributed by atoms with Gasteiger partial charge in [0.25, 0.3) is 0 Å². The van der Waals surface area contributed by atoms with Gasteiger partial charge < -0.3 is 0 Å². The van der Waals surface area contributed by atoms with E-state index in [9.17, 15) is 0 Å². The first kappa shape index (κ1) is 8.14. The molecule has 0 amide bonds. The van der Waals surface area contributed by atoms with E-state index in [1.165, 1.54) is 0 Å². The average molecular weight is 134 g/mol. The van der Waals surface area contributed by atoms with Crippen molar-refractivity contribution in [3.05, 3.63) is 35.9 Å². The molecular weight excluding hydrogens is 129 g/mol. The summed E-state index contributed by atoms with van der Waals surface area (Å²) < 4.78 is 0. The topological polar surface area (TPSA) is 23.8 Å². The van der Waals surface area contributed by atoms with Crippen molar-refractivity contribution in [1.82, 2.24) is 0 Å². The van der Waals surface area contributed by atoms with Crippen LogP contribution < -0.4 is 0 Å². The highest BCUT2D eigenvalue weighted by Gasteiger charge is 1.79. The van der Waals surface area contributed by atoms with Crippen LogP contribution >= 0.6 is 9.90 Å². The maximum atomic E-state index is 8.29. The zero-order valence-corrected chi connectivity index (χ0v) is 5.68. The Kier molecular flexibility index (Phi) is 3.67. The molecule has 0 unspecified atom stereocenters. The van der Waals surface area contributed by atoms with Gasteiger partial charge in [0.05, 0.1) is 11.6 Å². The monoisotopic (exact) mass is 134 g/mol. The van der Waals surface area contributed by atoms with Crippen LogP contribution in [0, 0.1) is 11.3 Å². The Hall–Kier alpha value is -0.860. The molecule has 0 heterocycles. The maximum Gasteiger partial charge on any atom is 0.0991 e. The minimum absolute atomic E-state index is 0. The van der Waals surface area contributed by atoms with Gasteiger partial charge in [0, 0.05) is 9.90 Å². The van der Waals surface area contributed by atoms with E-state index in [-0.39, 0.29) is 9.90 Å². The molecular formula is C7H5NP. The molecule has 0 aliphatic rings. The maximum absolute atomic E-state index is 8.29. The summed E-state index contributed by atoms with van der Waals surface area (Å²) in [6.45, 7) is 0. The second-order valence-corrected chi connectivity index (χ2v) is 1.48. The van der Waals surface area contributed by atoms with Crippen molar-refractivity contribution in [2.45, 2.75) is 0 Å². The van der Waals surface area contributed by atoms with Gasteiger partial charge in [-0.1, -0.05) is 18.2 Å². The van der Waals surface area contributed by atoms with Crippen LogP contribution in [0.5, 0.6) is 0 Å². The van der Waals surface area contributed by atoms with Crippen LogP contribution in [0.4, 0.5) is 0 Å². The van der Waals surface area contributed by atoms with E-state index in [0.717, 1.165) is 0 Å². The van der Waals surface area contributed by atoms with Crippen LogP contribution in [0.2, 0.25) is 0 Å². The van der Waals surface area contributed by atoms with Gasteiger partial charge in [-0.3, -0.25) is 0 Å². The first-order valence-corrected chi connectivity index (χ1v) is 2.38. The average Bonchev–Trinajstić information content (AvgIpc) is 1.90. The fourth-order valence-electron chi connectivity index (χ4n) is 0.513. The minimum atomic E-state index is 0. The molecule has 0 aliphatic carbocycles. The smallest absolute Gasteiger partial charge is 0.0991 e. The van der Waals surface area contributed by atoms with E-state index >= 15 is 0 Å². The predicted octanol–water partition coefficient (Wildman–Crippen LogP) is 2.42. The van der Waals surface area contributed by atoms with Gasteiger partial charge in [0.2, 0.25) is 0 Å². The Morgan fingerprint density at radius 2 is 1.67 bits per heavy atom. The van der Waals surface area contributed by atoms with Crippen molar-refractivity contribution in [3.63, 3.8) is 0 Å². The highest BCUT2D eigenvalue weighted by Crippen LogP contribution is 1.92. The van der Waals surface area contributed by atoms with Crippen LogP contribution in [-0.4, -0.2) is 0 Å². The summed E-state index contributed by atoms with van der Waals surface area (Å²) >= 11 is 0. The molecule has 0 saturated heterocycles. The van der Waals surface area contributed by atoms with Gasteiger partial charge in [-0.15, -0.1) is 0 Å². The highest BCUT2D eigenvalue weighted by atomic mass is 31.0. The third kappa shape index (κ3) is 2.26. The Morgan fingerprint density at radius 3 is 2.00 bits per heavy atom. The lowest BCUT2D eigenvalue weighted by Crippen LogP contribution is -1.66. The fourth-order valence-corrected chi connectivity index (χ4v) is 0.513. The molecule has 1 aromatic rings. The molecule has 0 atom stereocenters. The van der Waals surface area contributed by atoms with Crippen LogP contribution in [0.25, 0.3) is 0 Å². The quantitative estimate of drug-likeness (QED) is 0.500. The highest BCUT2D eigenvalue weighted by molar-refractivity contribution is 6.92. The van der Waals surface area contributed by atoms with Gasteiger partial charge >= 0.3 is 0 Å². The summed E-state index contributed by atoms with van der Waals surface area (Å²) in [6.07, 6.45) is 0. The molecule has 3 radical (unpaired) electrons. The van der Waals surface area contributed by atoms with Crippen LogP contribution in [0.15, 0.2) is 30.3 Å². The van der Waals surface area contributed by atoms with Gasteiger partial charge in [0.1, 0.15) is 0 Å².